The molecule has 1 atom stereocenters. The molecule has 0 saturated carbocycles. The van der Waals surface area contributed by atoms with E-state index in [9.17, 15) is 4.79 Å². The van der Waals surface area contributed by atoms with Gasteiger partial charge in [-0.25, -0.2) is 0 Å². The standard InChI is InChI=1S/C13H26O/c1-10(13(5,6)7)11(14)8-9-12(2,3)4/h10H,8-9H2,1-7H3/t10-/m0/s1. The van der Waals surface area contributed by atoms with Gasteiger partial charge in [0.2, 0.25) is 0 Å². The van der Waals surface area contributed by atoms with Gasteiger partial charge in [0.15, 0.2) is 0 Å². The summed E-state index contributed by atoms with van der Waals surface area (Å²) in [6, 6.07) is 0. The van der Waals surface area contributed by atoms with Crippen LogP contribution in [0.5, 0.6) is 0 Å². The molecule has 84 valence electrons. The molecular formula is C13H26O. The lowest BCUT2D eigenvalue weighted by molar-refractivity contribution is -0.125. The topological polar surface area (TPSA) is 17.1 Å². The lowest BCUT2D eigenvalue weighted by Gasteiger charge is -2.27. The summed E-state index contributed by atoms with van der Waals surface area (Å²) < 4.78 is 0. The van der Waals surface area contributed by atoms with Crippen molar-refractivity contribution in [2.24, 2.45) is 16.7 Å². The summed E-state index contributed by atoms with van der Waals surface area (Å²) >= 11 is 0. The molecule has 0 N–H and O–H groups in total. The van der Waals surface area contributed by atoms with E-state index >= 15 is 0 Å². The van der Waals surface area contributed by atoms with Crippen molar-refractivity contribution in [2.75, 3.05) is 0 Å². The van der Waals surface area contributed by atoms with Crippen LogP contribution in [0.2, 0.25) is 0 Å². The average molecular weight is 198 g/mol. The minimum atomic E-state index is 0.106. The van der Waals surface area contributed by atoms with Crippen LogP contribution in [0.15, 0.2) is 0 Å². The van der Waals surface area contributed by atoms with E-state index in [2.05, 4.69) is 41.5 Å². The van der Waals surface area contributed by atoms with E-state index in [1.54, 1.807) is 0 Å². The highest BCUT2D eigenvalue weighted by molar-refractivity contribution is 5.81. The predicted molar refractivity (Wildman–Crippen MR) is 62.3 cm³/mol. The van der Waals surface area contributed by atoms with Crippen molar-refractivity contribution >= 4 is 5.78 Å². The molecule has 0 bridgehead atoms. The number of carbonyl (C=O) groups is 1. The van der Waals surface area contributed by atoms with Crippen molar-refractivity contribution < 1.29 is 4.79 Å². The first-order valence-corrected chi connectivity index (χ1v) is 5.57. The van der Waals surface area contributed by atoms with E-state index in [-0.39, 0.29) is 16.7 Å². The van der Waals surface area contributed by atoms with Crippen LogP contribution in [0.1, 0.15) is 61.3 Å². The molecule has 0 spiro atoms. The molecule has 0 aliphatic rings. The molecule has 0 heterocycles. The van der Waals surface area contributed by atoms with Crippen molar-refractivity contribution in [2.45, 2.75) is 61.3 Å². The maximum Gasteiger partial charge on any atom is 0.136 e. The molecule has 0 saturated heterocycles. The Labute approximate surface area is 89.3 Å². The van der Waals surface area contributed by atoms with E-state index < -0.39 is 0 Å². The van der Waals surface area contributed by atoms with E-state index in [1.807, 2.05) is 6.92 Å². The third-order valence-corrected chi connectivity index (χ3v) is 2.90. The Bertz CT molecular complexity index is 190. The molecule has 1 nitrogen and oxygen atoms in total. The van der Waals surface area contributed by atoms with Gasteiger partial charge in [-0.3, -0.25) is 4.79 Å². The van der Waals surface area contributed by atoms with Gasteiger partial charge in [-0.2, -0.15) is 0 Å². The SMILES string of the molecule is C[C@@H](C(=O)CCC(C)(C)C)C(C)(C)C. The Balaban J connectivity index is 4.11. The largest absolute Gasteiger partial charge is 0.299 e. The third kappa shape index (κ3) is 5.41. The zero-order chi connectivity index (χ0) is 11.6. The van der Waals surface area contributed by atoms with Gasteiger partial charge >= 0.3 is 0 Å². The van der Waals surface area contributed by atoms with Crippen molar-refractivity contribution in [3.05, 3.63) is 0 Å². The molecule has 0 rings (SSSR count). The Kier molecular flexibility index (Phi) is 4.35. The molecule has 0 radical (unpaired) electrons. The van der Waals surface area contributed by atoms with Crippen LogP contribution >= 0.6 is 0 Å². The summed E-state index contributed by atoms with van der Waals surface area (Å²) in [4.78, 5) is 11.8. The number of ketones is 1. The van der Waals surface area contributed by atoms with Gasteiger partial charge in [0.25, 0.3) is 0 Å². The summed E-state index contributed by atoms with van der Waals surface area (Å²) in [6.45, 7) is 15.0. The zero-order valence-corrected chi connectivity index (χ0v) is 10.9. The summed E-state index contributed by atoms with van der Waals surface area (Å²) in [5, 5.41) is 0. The Morgan fingerprint density at radius 2 is 1.50 bits per heavy atom. The van der Waals surface area contributed by atoms with E-state index in [0.29, 0.717) is 5.78 Å². The molecular weight excluding hydrogens is 172 g/mol. The summed E-state index contributed by atoms with van der Waals surface area (Å²) in [5.41, 5.74) is 0.377. The van der Waals surface area contributed by atoms with Crippen LogP contribution < -0.4 is 0 Å². The number of Topliss-reactive ketones (excluding diaryl/α,β-unsaturated/α-hetero) is 1. The normalized spacial score (nSPS) is 15.4. The molecule has 0 aliphatic carbocycles. The first kappa shape index (κ1) is 13.7. The van der Waals surface area contributed by atoms with Crippen LogP contribution in [0.3, 0.4) is 0 Å². The van der Waals surface area contributed by atoms with E-state index in [1.165, 1.54) is 0 Å². The van der Waals surface area contributed by atoms with Gasteiger partial charge in [-0.1, -0.05) is 48.5 Å². The maximum atomic E-state index is 11.8. The summed E-state index contributed by atoms with van der Waals surface area (Å²) in [5.74, 6) is 0.581. The van der Waals surface area contributed by atoms with Crippen LogP contribution in [0.4, 0.5) is 0 Å². The molecule has 0 unspecified atom stereocenters. The Morgan fingerprint density at radius 3 is 1.79 bits per heavy atom. The van der Waals surface area contributed by atoms with Crippen LogP contribution in [-0.4, -0.2) is 5.78 Å². The quantitative estimate of drug-likeness (QED) is 0.668. The second-order valence-corrected chi connectivity index (χ2v) is 6.61. The molecule has 0 fully saturated rings. The van der Waals surface area contributed by atoms with Crippen molar-refractivity contribution in [3.8, 4) is 0 Å². The minimum absolute atomic E-state index is 0.106. The van der Waals surface area contributed by atoms with Gasteiger partial charge < -0.3 is 0 Å². The predicted octanol–water partition coefficient (Wildman–Crippen LogP) is 4.06. The Morgan fingerprint density at radius 1 is 1.07 bits per heavy atom. The smallest absolute Gasteiger partial charge is 0.136 e. The molecule has 1 heteroatoms. The molecule has 0 aromatic heterocycles. The second kappa shape index (κ2) is 4.46. The van der Waals surface area contributed by atoms with Crippen molar-refractivity contribution in [3.63, 3.8) is 0 Å². The van der Waals surface area contributed by atoms with Crippen molar-refractivity contribution in [1.82, 2.24) is 0 Å². The van der Waals surface area contributed by atoms with Gasteiger partial charge in [-0.05, 0) is 17.3 Å². The molecule has 0 aliphatic heterocycles. The highest BCUT2D eigenvalue weighted by Crippen LogP contribution is 2.29. The lowest BCUT2D eigenvalue weighted by Crippen LogP contribution is -2.26. The lowest BCUT2D eigenvalue weighted by atomic mass is 9.77. The number of hydrogen-bond donors (Lipinski definition) is 0. The second-order valence-electron chi connectivity index (χ2n) is 6.61. The summed E-state index contributed by atoms with van der Waals surface area (Å²) in [7, 11) is 0. The summed E-state index contributed by atoms with van der Waals surface area (Å²) in [6.07, 6.45) is 1.72. The highest BCUT2D eigenvalue weighted by atomic mass is 16.1. The fraction of sp³-hybridized carbons (Fsp3) is 0.923. The molecule has 0 aromatic carbocycles. The van der Waals surface area contributed by atoms with Gasteiger partial charge in [0, 0.05) is 12.3 Å². The fourth-order valence-electron chi connectivity index (χ4n) is 1.20. The first-order valence-electron chi connectivity index (χ1n) is 5.57. The van der Waals surface area contributed by atoms with Crippen molar-refractivity contribution in [1.29, 1.82) is 0 Å². The minimum Gasteiger partial charge on any atom is -0.299 e. The maximum absolute atomic E-state index is 11.8. The van der Waals surface area contributed by atoms with E-state index in [4.69, 9.17) is 0 Å². The molecule has 14 heavy (non-hydrogen) atoms. The number of hydrogen-bond acceptors (Lipinski definition) is 1. The highest BCUT2D eigenvalue weighted by Gasteiger charge is 2.27. The first-order chi connectivity index (χ1) is 6.04. The molecule has 0 aromatic rings. The van der Waals surface area contributed by atoms with Crippen LogP contribution in [-0.2, 0) is 4.79 Å². The monoisotopic (exact) mass is 198 g/mol. The van der Waals surface area contributed by atoms with Crippen LogP contribution in [0, 0.1) is 16.7 Å². The van der Waals surface area contributed by atoms with E-state index in [0.717, 1.165) is 12.8 Å². The van der Waals surface area contributed by atoms with Gasteiger partial charge in [0.05, 0.1) is 0 Å². The fourth-order valence-corrected chi connectivity index (χ4v) is 1.20. The van der Waals surface area contributed by atoms with Gasteiger partial charge in [0.1, 0.15) is 5.78 Å². The molecule has 0 amide bonds. The average Bonchev–Trinajstić information content (AvgIpc) is 1.95. The number of carbonyl (C=O) groups excluding carboxylic acids is 1. The van der Waals surface area contributed by atoms with Crippen LogP contribution in [0.25, 0.3) is 0 Å². The van der Waals surface area contributed by atoms with Gasteiger partial charge in [-0.15, -0.1) is 0 Å². The Hall–Kier alpha value is -0.330. The third-order valence-electron chi connectivity index (χ3n) is 2.90. The number of rotatable bonds is 3. The zero-order valence-electron chi connectivity index (χ0n) is 10.9.